The molecule has 0 unspecified atom stereocenters. The Kier molecular flexibility index (Phi) is 3.17. The molecule has 0 amide bonds. The summed E-state index contributed by atoms with van der Waals surface area (Å²) in [5.74, 6) is -0.0644. The Bertz CT molecular complexity index is 534. The summed E-state index contributed by atoms with van der Waals surface area (Å²) in [6, 6.07) is 0.828. The second-order valence-electron chi connectivity index (χ2n) is 3.64. The van der Waals surface area contributed by atoms with Crippen LogP contribution in [0.1, 0.15) is 17.0 Å². The zero-order chi connectivity index (χ0) is 13.2. The first kappa shape index (κ1) is 12.3. The van der Waals surface area contributed by atoms with Crippen LogP contribution in [0.3, 0.4) is 0 Å². The van der Waals surface area contributed by atoms with Crippen molar-refractivity contribution in [3.05, 3.63) is 35.4 Å². The molecule has 0 aliphatic heterocycles. The number of aromatic nitrogens is 4. The Hall–Kier alpha value is -2.12. The van der Waals surface area contributed by atoms with E-state index in [2.05, 4.69) is 25.5 Å². The molecule has 0 atom stereocenters. The molecular weight excluding hydrogens is 247 g/mol. The van der Waals surface area contributed by atoms with Gasteiger partial charge in [-0.1, -0.05) is 0 Å². The van der Waals surface area contributed by atoms with Crippen molar-refractivity contribution in [2.24, 2.45) is 0 Å². The summed E-state index contributed by atoms with van der Waals surface area (Å²) in [5.41, 5.74) is 0.717. The normalized spacial score (nSPS) is 11.6. The first-order chi connectivity index (χ1) is 8.47. The fourth-order valence-electron chi connectivity index (χ4n) is 1.33. The maximum Gasteiger partial charge on any atom is 0.433 e. The molecular formula is C10H10F3N5. The highest BCUT2D eigenvalue weighted by Gasteiger charge is 2.32. The fourth-order valence-corrected chi connectivity index (χ4v) is 1.33. The van der Waals surface area contributed by atoms with Crippen LogP contribution < -0.4 is 5.32 Å². The summed E-state index contributed by atoms with van der Waals surface area (Å²) in [6.45, 7) is 2.13. The van der Waals surface area contributed by atoms with E-state index in [4.69, 9.17) is 0 Å². The van der Waals surface area contributed by atoms with Crippen molar-refractivity contribution in [3.63, 3.8) is 0 Å². The fraction of sp³-hybridized carbons (Fsp3) is 0.300. The van der Waals surface area contributed by atoms with Crippen molar-refractivity contribution >= 4 is 5.95 Å². The molecule has 0 aliphatic carbocycles. The number of rotatable bonds is 3. The van der Waals surface area contributed by atoms with Crippen molar-refractivity contribution in [1.29, 1.82) is 0 Å². The van der Waals surface area contributed by atoms with Gasteiger partial charge in [-0.15, -0.1) is 0 Å². The second-order valence-corrected chi connectivity index (χ2v) is 3.64. The van der Waals surface area contributed by atoms with E-state index in [0.717, 1.165) is 23.5 Å². The van der Waals surface area contributed by atoms with Crippen LogP contribution in [0.4, 0.5) is 19.1 Å². The molecule has 0 radical (unpaired) electrons. The molecule has 2 aromatic heterocycles. The predicted molar refractivity (Wildman–Crippen MR) is 57.7 cm³/mol. The number of nitrogens with one attached hydrogen (secondary N) is 2. The molecule has 8 heteroatoms. The number of hydrogen-bond acceptors (Lipinski definition) is 4. The summed E-state index contributed by atoms with van der Waals surface area (Å²) >= 11 is 0. The highest BCUT2D eigenvalue weighted by molar-refractivity contribution is 5.29. The summed E-state index contributed by atoms with van der Waals surface area (Å²) < 4.78 is 37.2. The number of alkyl halides is 3. The molecule has 0 fully saturated rings. The molecule has 2 heterocycles. The lowest BCUT2D eigenvalue weighted by atomic mass is 10.3. The third-order valence-electron chi connectivity index (χ3n) is 2.32. The molecule has 0 saturated carbocycles. The van der Waals surface area contributed by atoms with E-state index in [0.29, 0.717) is 6.54 Å². The molecule has 0 aromatic carbocycles. The molecule has 0 saturated heterocycles. The summed E-state index contributed by atoms with van der Waals surface area (Å²) in [6.07, 6.45) is -1.80. The van der Waals surface area contributed by atoms with Crippen molar-refractivity contribution in [3.8, 4) is 0 Å². The lowest BCUT2D eigenvalue weighted by Crippen LogP contribution is -2.11. The average Bonchev–Trinajstić information content (AvgIpc) is 2.72. The molecule has 2 N–H and O–H groups in total. The monoisotopic (exact) mass is 257 g/mol. The molecule has 0 aliphatic rings. The molecule has 18 heavy (non-hydrogen) atoms. The number of anilines is 1. The van der Waals surface area contributed by atoms with Crippen molar-refractivity contribution < 1.29 is 13.2 Å². The second kappa shape index (κ2) is 4.63. The highest BCUT2D eigenvalue weighted by Crippen LogP contribution is 2.27. The van der Waals surface area contributed by atoms with E-state index >= 15 is 0 Å². The van der Waals surface area contributed by atoms with Gasteiger partial charge in [0.2, 0.25) is 5.95 Å². The summed E-state index contributed by atoms with van der Waals surface area (Å²) in [4.78, 5) is 7.12. The largest absolute Gasteiger partial charge is 0.433 e. The van der Waals surface area contributed by atoms with Crippen molar-refractivity contribution in [2.45, 2.75) is 19.6 Å². The van der Waals surface area contributed by atoms with E-state index < -0.39 is 11.9 Å². The van der Waals surface area contributed by atoms with Crippen molar-refractivity contribution in [1.82, 2.24) is 20.2 Å². The third kappa shape index (κ3) is 2.76. The van der Waals surface area contributed by atoms with Crippen molar-refractivity contribution in [2.75, 3.05) is 5.32 Å². The summed E-state index contributed by atoms with van der Waals surface area (Å²) in [7, 11) is 0. The van der Waals surface area contributed by atoms with Gasteiger partial charge in [0.15, 0.2) is 0 Å². The number of aromatic amines is 1. The first-order valence-corrected chi connectivity index (χ1v) is 5.10. The van der Waals surface area contributed by atoms with E-state index in [-0.39, 0.29) is 5.95 Å². The van der Waals surface area contributed by atoms with Crippen LogP contribution in [-0.2, 0) is 12.7 Å². The van der Waals surface area contributed by atoms with Gasteiger partial charge < -0.3 is 5.32 Å². The Morgan fingerprint density at radius 3 is 2.78 bits per heavy atom. The summed E-state index contributed by atoms with van der Waals surface area (Å²) in [5, 5.41) is 9.25. The number of aryl methyl sites for hydroxylation is 1. The Morgan fingerprint density at radius 2 is 2.17 bits per heavy atom. The average molecular weight is 257 g/mol. The topological polar surface area (TPSA) is 66.5 Å². The van der Waals surface area contributed by atoms with Crippen LogP contribution in [0.5, 0.6) is 0 Å². The maximum atomic E-state index is 12.4. The Morgan fingerprint density at radius 1 is 1.39 bits per heavy atom. The van der Waals surface area contributed by atoms with Gasteiger partial charge in [-0.05, 0) is 13.0 Å². The highest BCUT2D eigenvalue weighted by atomic mass is 19.4. The third-order valence-corrected chi connectivity index (χ3v) is 2.32. The number of hydrogen-bond donors (Lipinski definition) is 2. The molecule has 2 rings (SSSR count). The van der Waals surface area contributed by atoms with Gasteiger partial charge in [0.05, 0.1) is 6.20 Å². The minimum Gasteiger partial charge on any atom is -0.350 e. The quantitative estimate of drug-likeness (QED) is 0.884. The predicted octanol–water partition coefficient (Wildman–Crippen LogP) is 2.14. The van der Waals surface area contributed by atoms with Gasteiger partial charge in [0.25, 0.3) is 0 Å². The zero-order valence-corrected chi connectivity index (χ0v) is 9.41. The SMILES string of the molecule is Cc1[nH]ncc1CNc1nccc(C(F)(F)F)n1. The number of halogens is 3. The molecule has 96 valence electrons. The Labute approximate surface area is 100 Å². The lowest BCUT2D eigenvalue weighted by Gasteiger charge is -2.08. The Balaban J connectivity index is 2.09. The van der Waals surface area contributed by atoms with Gasteiger partial charge >= 0.3 is 6.18 Å². The van der Waals surface area contributed by atoms with E-state index in [1.807, 2.05) is 6.92 Å². The van der Waals surface area contributed by atoms with Crippen LogP contribution in [0.2, 0.25) is 0 Å². The first-order valence-electron chi connectivity index (χ1n) is 5.10. The maximum absolute atomic E-state index is 12.4. The van der Waals surface area contributed by atoms with Gasteiger partial charge in [-0.3, -0.25) is 5.10 Å². The van der Waals surface area contributed by atoms with Crippen LogP contribution in [0.25, 0.3) is 0 Å². The minimum atomic E-state index is -4.47. The lowest BCUT2D eigenvalue weighted by molar-refractivity contribution is -0.141. The van der Waals surface area contributed by atoms with Gasteiger partial charge in [0.1, 0.15) is 5.69 Å². The van der Waals surface area contributed by atoms with Gasteiger partial charge in [-0.2, -0.15) is 18.3 Å². The molecule has 5 nitrogen and oxygen atoms in total. The molecule has 2 aromatic rings. The van der Waals surface area contributed by atoms with E-state index in [1.165, 1.54) is 0 Å². The number of nitrogens with zero attached hydrogens (tertiary/aromatic N) is 3. The number of H-pyrrole nitrogens is 1. The smallest absolute Gasteiger partial charge is 0.350 e. The van der Waals surface area contributed by atoms with Crippen LogP contribution in [0.15, 0.2) is 18.5 Å². The van der Waals surface area contributed by atoms with Crippen LogP contribution in [0, 0.1) is 6.92 Å². The van der Waals surface area contributed by atoms with E-state index in [1.54, 1.807) is 6.20 Å². The standard InChI is InChI=1S/C10H10F3N5/c1-6-7(5-16-18-6)4-15-9-14-3-2-8(17-9)10(11,12)13/h2-3,5H,4H2,1H3,(H,16,18)(H,14,15,17). The van der Waals surface area contributed by atoms with Crippen LogP contribution >= 0.6 is 0 Å². The van der Waals surface area contributed by atoms with E-state index in [9.17, 15) is 13.2 Å². The molecule has 0 spiro atoms. The van der Waals surface area contributed by atoms with Gasteiger partial charge in [-0.25, -0.2) is 9.97 Å². The minimum absolute atomic E-state index is 0.0644. The van der Waals surface area contributed by atoms with Gasteiger partial charge in [0, 0.05) is 24.0 Å². The molecule has 0 bridgehead atoms. The zero-order valence-electron chi connectivity index (χ0n) is 9.41. The van der Waals surface area contributed by atoms with Crippen LogP contribution in [-0.4, -0.2) is 20.2 Å².